The summed E-state index contributed by atoms with van der Waals surface area (Å²) in [6, 6.07) is 3.21. The van der Waals surface area contributed by atoms with Crippen LogP contribution < -0.4 is 10.6 Å². The molecule has 86 valence electrons. The lowest BCUT2D eigenvalue weighted by Crippen LogP contribution is -2.40. The van der Waals surface area contributed by atoms with Crippen molar-refractivity contribution in [1.29, 1.82) is 0 Å². The van der Waals surface area contributed by atoms with Gasteiger partial charge in [0.25, 0.3) is 0 Å². The summed E-state index contributed by atoms with van der Waals surface area (Å²) >= 11 is 5.23. The van der Waals surface area contributed by atoms with Crippen LogP contribution in [0, 0.1) is 0 Å². The molecule has 0 bridgehead atoms. The van der Waals surface area contributed by atoms with Gasteiger partial charge in [0.05, 0.1) is 0 Å². The maximum Gasteiger partial charge on any atom is 0.321 e. The highest BCUT2D eigenvalue weighted by Crippen LogP contribution is 1.95. The molecular weight excluding hydrogens is 230 g/mol. The summed E-state index contributed by atoms with van der Waals surface area (Å²) in [5.74, 6) is -0.740. The third-order valence-corrected chi connectivity index (χ3v) is 2.04. The minimum Gasteiger partial charge on any atom is -0.337 e. The smallest absolute Gasteiger partial charge is 0.321 e. The number of halogens is 1. The maximum atomic E-state index is 11.1. The highest BCUT2D eigenvalue weighted by Gasteiger charge is 2.04. The van der Waals surface area contributed by atoms with Crippen molar-refractivity contribution in [2.45, 2.75) is 6.42 Å². The SMILES string of the molecule is O=C(CCl)NC(=O)NCCc1cccnc1. The highest BCUT2D eigenvalue weighted by atomic mass is 35.5. The van der Waals surface area contributed by atoms with Crippen molar-refractivity contribution in [2.75, 3.05) is 12.4 Å². The fraction of sp³-hybridized carbons (Fsp3) is 0.300. The normalized spacial score (nSPS) is 9.56. The van der Waals surface area contributed by atoms with Gasteiger partial charge in [0, 0.05) is 18.9 Å². The van der Waals surface area contributed by atoms with Gasteiger partial charge in [-0.25, -0.2) is 4.79 Å². The lowest BCUT2D eigenvalue weighted by atomic mass is 10.2. The number of hydrogen-bond acceptors (Lipinski definition) is 3. The van der Waals surface area contributed by atoms with Crippen LogP contribution in [0.1, 0.15) is 5.56 Å². The second kappa shape index (κ2) is 6.79. The Labute approximate surface area is 98.2 Å². The predicted molar refractivity (Wildman–Crippen MR) is 60.2 cm³/mol. The van der Waals surface area contributed by atoms with Gasteiger partial charge in [-0.3, -0.25) is 15.1 Å². The standard InChI is InChI=1S/C10H12ClN3O2/c11-6-9(15)14-10(16)13-5-3-8-2-1-4-12-7-8/h1-2,4,7H,3,5-6H2,(H2,13,14,15,16). The molecule has 0 aliphatic rings. The zero-order chi connectivity index (χ0) is 11.8. The van der Waals surface area contributed by atoms with E-state index in [0.29, 0.717) is 13.0 Å². The maximum absolute atomic E-state index is 11.1. The monoisotopic (exact) mass is 241 g/mol. The zero-order valence-electron chi connectivity index (χ0n) is 8.57. The van der Waals surface area contributed by atoms with Crippen molar-refractivity contribution in [3.63, 3.8) is 0 Å². The van der Waals surface area contributed by atoms with Crippen molar-refractivity contribution in [3.05, 3.63) is 30.1 Å². The van der Waals surface area contributed by atoms with Crippen molar-refractivity contribution >= 4 is 23.5 Å². The summed E-state index contributed by atoms with van der Waals surface area (Å²) in [5, 5.41) is 4.62. The molecule has 6 heteroatoms. The largest absolute Gasteiger partial charge is 0.337 e. The van der Waals surface area contributed by atoms with Crippen molar-refractivity contribution in [1.82, 2.24) is 15.6 Å². The number of hydrogen-bond donors (Lipinski definition) is 2. The molecule has 1 rings (SSSR count). The summed E-state index contributed by atoms with van der Waals surface area (Å²) in [6.45, 7) is 0.438. The van der Waals surface area contributed by atoms with E-state index in [-0.39, 0.29) is 5.88 Å². The molecule has 0 aliphatic heterocycles. The number of rotatable bonds is 4. The van der Waals surface area contributed by atoms with E-state index in [0.717, 1.165) is 5.56 Å². The van der Waals surface area contributed by atoms with Crippen LogP contribution >= 0.6 is 11.6 Å². The number of aromatic nitrogens is 1. The van der Waals surface area contributed by atoms with E-state index in [1.165, 1.54) is 0 Å². The molecule has 0 unspecified atom stereocenters. The molecule has 1 aromatic rings. The van der Waals surface area contributed by atoms with Gasteiger partial charge in [-0.1, -0.05) is 6.07 Å². The van der Waals surface area contributed by atoms with Crippen LogP contribution in [-0.4, -0.2) is 29.3 Å². The Morgan fingerprint density at radius 2 is 2.25 bits per heavy atom. The number of urea groups is 1. The summed E-state index contributed by atoms with van der Waals surface area (Å²) in [7, 11) is 0. The molecule has 0 aromatic carbocycles. The van der Waals surface area contributed by atoms with Crippen LogP contribution in [0.2, 0.25) is 0 Å². The lowest BCUT2D eigenvalue weighted by molar-refractivity contribution is -0.117. The number of nitrogens with one attached hydrogen (secondary N) is 2. The first-order chi connectivity index (χ1) is 7.72. The van der Waals surface area contributed by atoms with Crippen molar-refractivity contribution < 1.29 is 9.59 Å². The number of alkyl halides is 1. The topological polar surface area (TPSA) is 71.1 Å². The Hall–Kier alpha value is -1.62. The van der Waals surface area contributed by atoms with Gasteiger partial charge in [-0.05, 0) is 18.1 Å². The molecule has 0 saturated carbocycles. The van der Waals surface area contributed by atoms with E-state index in [1.54, 1.807) is 12.4 Å². The fourth-order valence-corrected chi connectivity index (χ4v) is 1.14. The molecule has 1 heterocycles. The van der Waals surface area contributed by atoms with Gasteiger partial charge in [0.2, 0.25) is 5.91 Å². The first-order valence-electron chi connectivity index (χ1n) is 4.75. The molecule has 5 nitrogen and oxygen atoms in total. The molecule has 3 amide bonds. The number of carbonyl (C=O) groups is 2. The van der Waals surface area contributed by atoms with Crippen LogP contribution in [0.5, 0.6) is 0 Å². The molecule has 0 spiro atoms. The molecule has 16 heavy (non-hydrogen) atoms. The van der Waals surface area contributed by atoms with E-state index in [2.05, 4.69) is 15.6 Å². The minimum absolute atomic E-state index is 0.226. The van der Waals surface area contributed by atoms with Crippen LogP contribution in [0.4, 0.5) is 4.79 Å². The number of nitrogens with zero attached hydrogens (tertiary/aromatic N) is 1. The number of imide groups is 1. The molecule has 0 fully saturated rings. The van der Waals surface area contributed by atoms with Gasteiger partial charge >= 0.3 is 6.03 Å². The Bertz CT molecular complexity index is 356. The molecule has 0 saturated heterocycles. The van der Waals surface area contributed by atoms with Crippen LogP contribution in [-0.2, 0) is 11.2 Å². The Kier molecular flexibility index (Phi) is 5.28. The third kappa shape index (κ3) is 4.75. The van der Waals surface area contributed by atoms with Gasteiger partial charge in [-0.2, -0.15) is 0 Å². The van der Waals surface area contributed by atoms with Gasteiger partial charge in [0.15, 0.2) is 0 Å². The molecule has 0 radical (unpaired) electrons. The average Bonchev–Trinajstić information content (AvgIpc) is 2.30. The van der Waals surface area contributed by atoms with E-state index >= 15 is 0 Å². The first-order valence-corrected chi connectivity index (χ1v) is 5.28. The average molecular weight is 242 g/mol. The molecule has 1 aromatic heterocycles. The third-order valence-electron chi connectivity index (χ3n) is 1.80. The predicted octanol–water partition coefficient (Wildman–Crippen LogP) is 0.689. The second-order valence-electron chi connectivity index (χ2n) is 3.05. The lowest BCUT2D eigenvalue weighted by Gasteiger charge is -2.05. The molecule has 0 atom stereocenters. The number of amides is 3. The second-order valence-corrected chi connectivity index (χ2v) is 3.32. The minimum atomic E-state index is -0.533. The van der Waals surface area contributed by atoms with Crippen LogP contribution in [0.3, 0.4) is 0 Å². The van der Waals surface area contributed by atoms with E-state index < -0.39 is 11.9 Å². The zero-order valence-corrected chi connectivity index (χ0v) is 9.33. The Balaban J connectivity index is 2.21. The summed E-state index contributed by atoms with van der Waals surface area (Å²) in [4.78, 5) is 25.8. The van der Waals surface area contributed by atoms with Crippen LogP contribution in [0.15, 0.2) is 24.5 Å². The van der Waals surface area contributed by atoms with Gasteiger partial charge in [-0.15, -0.1) is 11.6 Å². The highest BCUT2D eigenvalue weighted by molar-refractivity contribution is 6.28. The Morgan fingerprint density at radius 1 is 1.44 bits per heavy atom. The Morgan fingerprint density at radius 3 is 2.88 bits per heavy atom. The summed E-state index contributed by atoms with van der Waals surface area (Å²) < 4.78 is 0. The van der Waals surface area contributed by atoms with E-state index in [1.807, 2.05) is 12.1 Å². The molecular formula is C10H12ClN3O2. The van der Waals surface area contributed by atoms with E-state index in [9.17, 15) is 9.59 Å². The van der Waals surface area contributed by atoms with Gasteiger partial charge < -0.3 is 5.32 Å². The van der Waals surface area contributed by atoms with Crippen LogP contribution in [0.25, 0.3) is 0 Å². The first kappa shape index (κ1) is 12.4. The molecule has 2 N–H and O–H groups in total. The van der Waals surface area contributed by atoms with Gasteiger partial charge in [0.1, 0.15) is 5.88 Å². The van der Waals surface area contributed by atoms with E-state index in [4.69, 9.17) is 11.6 Å². The summed E-state index contributed by atoms with van der Waals surface area (Å²) in [5.41, 5.74) is 1.02. The molecule has 0 aliphatic carbocycles. The van der Waals surface area contributed by atoms with Crippen molar-refractivity contribution in [3.8, 4) is 0 Å². The quantitative estimate of drug-likeness (QED) is 0.762. The summed E-state index contributed by atoms with van der Waals surface area (Å²) in [6.07, 6.45) is 4.07. The fourth-order valence-electron chi connectivity index (χ4n) is 1.07. The van der Waals surface area contributed by atoms with Crippen molar-refractivity contribution in [2.24, 2.45) is 0 Å². The number of carbonyl (C=O) groups excluding carboxylic acids is 2. The number of pyridine rings is 1.